The number of halogens is 1. The molecule has 1 saturated carbocycles. The predicted molar refractivity (Wildman–Crippen MR) is 89.2 cm³/mol. The smallest absolute Gasteiger partial charge is 0.226 e. The molecule has 0 bridgehead atoms. The first-order valence-electron chi connectivity index (χ1n) is 8.37. The van der Waals surface area contributed by atoms with E-state index in [4.69, 9.17) is 16.3 Å². The highest BCUT2D eigenvalue weighted by molar-refractivity contribution is 6.28. The average molecular weight is 370 g/mol. The van der Waals surface area contributed by atoms with Crippen LogP contribution >= 0.6 is 11.6 Å². The molecule has 3 unspecified atom stereocenters. The van der Waals surface area contributed by atoms with Crippen molar-refractivity contribution in [2.75, 3.05) is 11.9 Å². The molecule has 4 N–H and O–H groups in total. The van der Waals surface area contributed by atoms with Gasteiger partial charge in [0.2, 0.25) is 5.28 Å². The molecule has 2 aromatic heterocycles. The molecule has 9 nitrogen and oxygen atoms in total. The van der Waals surface area contributed by atoms with E-state index in [0.717, 1.165) is 19.3 Å². The Balaban J connectivity index is 1.68. The van der Waals surface area contributed by atoms with Crippen molar-refractivity contribution in [1.82, 2.24) is 19.5 Å². The molecule has 1 saturated heterocycles. The predicted octanol–water partition coefficient (Wildman–Crippen LogP) is 0.446. The van der Waals surface area contributed by atoms with E-state index in [2.05, 4.69) is 20.3 Å². The third-order valence-electron chi connectivity index (χ3n) is 4.88. The van der Waals surface area contributed by atoms with E-state index in [0.29, 0.717) is 30.0 Å². The summed E-state index contributed by atoms with van der Waals surface area (Å²) in [6, 6.07) is -0.121. The highest BCUT2D eigenvalue weighted by Crippen LogP contribution is 2.30. The van der Waals surface area contributed by atoms with Crippen molar-refractivity contribution < 1.29 is 20.1 Å². The molecule has 4 rings (SSSR count). The molecule has 0 aromatic carbocycles. The minimum absolute atomic E-state index is 0.00401. The number of hydrogen-bond acceptors (Lipinski definition) is 8. The standard InChI is InChI=1S/C15H20ClN5O4/c16-15-19-12(18-7-2-1-3-8(7)22)10-13(20-15)21(6-17-10)14(24)11-9(23)4-5-25-11/h6-9,11,14,22-24H,1-5H2,(H,18,19,20)/t7-,8?,9?,11?,14-/m1/s1. The fourth-order valence-corrected chi connectivity index (χ4v) is 3.68. The van der Waals surface area contributed by atoms with E-state index < -0.39 is 24.5 Å². The third-order valence-corrected chi connectivity index (χ3v) is 5.05. The van der Waals surface area contributed by atoms with E-state index in [1.807, 2.05) is 0 Å². The van der Waals surface area contributed by atoms with E-state index in [-0.39, 0.29) is 11.3 Å². The molecule has 2 aliphatic rings. The van der Waals surface area contributed by atoms with E-state index in [9.17, 15) is 15.3 Å². The van der Waals surface area contributed by atoms with Crippen molar-refractivity contribution in [2.24, 2.45) is 0 Å². The highest BCUT2D eigenvalue weighted by Gasteiger charge is 2.35. The number of fused-ring (bicyclic) bond motifs is 1. The Hall–Kier alpha value is -1.52. The van der Waals surface area contributed by atoms with Crippen molar-refractivity contribution in [3.8, 4) is 0 Å². The minimum Gasteiger partial charge on any atom is -0.391 e. The van der Waals surface area contributed by atoms with Crippen molar-refractivity contribution in [2.45, 2.75) is 56.3 Å². The van der Waals surface area contributed by atoms with Gasteiger partial charge in [0.1, 0.15) is 6.10 Å². The van der Waals surface area contributed by atoms with Gasteiger partial charge < -0.3 is 25.4 Å². The van der Waals surface area contributed by atoms with Crippen LogP contribution in [-0.2, 0) is 4.74 Å². The number of aliphatic hydroxyl groups is 3. The summed E-state index contributed by atoms with van der Waals surface area (Å²) in [7, 11) is 0. The summed E-state index contributed by atoms with van der Waals surface area (Å²) in [6.07, 6.45) is 1.30. The Morgan fingerprint density at radius 2 is 2.08 bits per heavy atom. The fraction of sp³-hybridized carbons (Fsp3) is 0.667. The Bertz CT molecular complexity index is 772. The summed E-state index contributed by atoms with van der Waals surface area (Å²) in [5.41, 5.74) is 0.778. The first kappa shape index (κ1) is 16.9. The fourth-order valence-electron chi connectivity index (χ4n) is 3.51. The molecule has 3 heterocycles. The molecule has 136 valence electrons. The molecule has 0 radical (unpaired) electrons. The molecule has 1 aliphatic carbocycles. The van der Waals surface area contributed by atoms with Crippen molar-refractivity contribution >= 4 is 28.6 Å². The van der Waals surface area contributed by atoms with Crippen LogP contribution in [0.3, 0.4) is 0 Å². The number of hydrogen-bond donors (Lipinski definition) is 4. The second kappa shape index (κ2) is 6.65. The topological polar surface area (TPSA) is 126 Å². The van der Waals surface area contributed by atoms with Gasteiger partial charge in [0.05, 0.1) is 24.6 Å². The zero-order chi connectivity index (χ0) is 17.6. The second-order valence-electron chi connectivity index (χ2n) is 6.52. The third kappa shape index (κ3) is 3.06. The van der Waals surface area contributed by atoms with Gasteiger partial charge in [-0.1, -0.05) is 0 Å². The largest absolute Gasteiger partial charge is 0.391 e. The van der Waals surface area contributed by atoms with Crippen molar-refractivity contribution in [3.63, 3.8) is 0 Å². The number of aliphatic hydroxyl groups excluding tert-OH is 3. The maximum atomic E-state index is 10.6. The molecule has 25 heavy (non-hydrogen) atoms. The van der Waals surface area contributed by atoms with Crippen LogP contribution in [0.15, 0.2) is 6.33 Å². The molecule has 2 aromatic rings. The van der Waals surface area contributed by atoms with E-state index in [1.54, 1.807) is 0 Å². The molecule has 1 aliphatic heterocycles. The van der Waals surface area contributed by atoms with Crippen LogP contribution in [0.25, 0.3) is 11.2 Å². The first-order chi connectivity index (χ1) is 12.0. The lowest BCUT2D eigenvalue weighted by Crippen LogP contribution is -2.32. The number of aromatic nitrogens is 4. The van der Waals surface area contributed by atoms with Crippen LogP contribution in [0.1, 0.15) is 31.9 Å². The average Bonchev–Trinajstić information content (AvgIpc) is 3.28. The zero-order valence-electron chi connectivity index (χ0n) is 13.4. The van der Waals surface area contributed by atoms with E-state index in [1.165, 1.54) is 10.9 Å². The normalized spacial score (nSPS) is 30.9. The molecule has 0 amide bonds. The zero-order valence-corrected chi connectivity index (χ0v) is 14.2. The summed E-state index contributed by atoms with van der Waals surface area (Å²) < 4.78 is 6.82. The van der Waals surface area contributed by atoms with Gasteiger partial charge in [0.15, 0.2) is 23.2 Å². The van der Waals surface area contributed by atoms with Gasteiger partial charge >= 0.3 is 0 Å². The van der Waals surface area contributed by atoms with Gasteiger partial charge in [-0.2, -0.15) is 9.97 Å². The number of imidazole rings is 1. The Kier molecular flexibility index (Phi) is 4.50. The van der Waals surface area contributed by atoms with Gasteiger partial charge in [0, 0.05) is 6.61 Å². The van der Waals surface area contributed by atoms with E-state index >= 15 is 0 Å². The summed E-state index contributed by atoms with van der Waals surface area (Å²) in [5.74, 6) is 0.416. The Labute approximate surface area is 148 Å². The van der Waals surface area contributed by atoms with Crippen LogP contribution in [-0.4, -0.2) is 65.8 Å². The quantitative estimate of drug-likeness (QED) is 0.572. The number of ether oxygens (including phenoxy) is 1. The van der Waals surface area contributed by atoms with Crippen LogP contribution in [0.2, 0.25) is 5.28 Å². The van der Waals surface area contributed by atoms with Crippen LogP contribution < -0.4 is 5.32 Å². The summed E-state index contributed by atoms with van der Waals surface area (Å²) in [5, 5.41) is 33.7. The van der Waals surface area contributed by atoms with Crippen LogP contribution in [0, 0.1) is 0 Å². The van der Waals surface area contributed by atoms with Crippen molar-refractivity contribution in [3.05, 3.63) is 11.6 Å². The summed E-state index contributed by atoms with van der Waals surface area (Å²) in [4.78, 5) is 12.6. The lowest BCUT2D eigenvalue weighted by molar-refractivity contribution is -0.0778. The molecule has 10 heteroatoms. The van der Waals surface area contributed by atoms with Crippen molar-refractivity contribution in [1.29, 1.82) is 0 Å². The van der Waals surface area contributed by atoms with Gasteiger partial charge in [-0.25, -0.2) is 4.98 Å². The maximum Gasteiger partial charge on any atom is 0.226 e. The van der Waals surface area contributed by atoms with Crippen LogP contribution in [0.4, 0.5) is 5.82 Å². The molecule has 2 fully saturated rings. The monoisotopic (exact) mass is 369 g/mol. The lowest BCUT2D eigenvalue weighted by Gasteiger charge is -2.22. The first-order valence-corrected chi connectivity index (χ1v) is 8.75. The van der Waals surface area contributed by atoms with Gasteiger partial charge in [-0.05, 0) is 37.3 Å². The molecular formula is C15H20ClN5O4. The molecule has 0 spiro atoms. The number of nitrogens with one attached hydrogen (secondary N) is 1. The second-order valence-corrected chi connectivity index (χ2v) is 6.86. The number of rotatable bonds is 4. The lowest BCUT2D eigenvalue weighted by atomic mass is 10.1. The summed E-state index contributed by atoms with van der Waals surface area (Å²) >= 11 is 6.04. The highest BCUT2D eigenvalue weighted by atomic mass is 35.5. The minimum atomic E-state index is -1.14. The van der Waals surface area contributed by atoms with Crippen LogP contribution in [0.5, 0.6) is 0 Å². The van der Waals surface area contributed by atoms with Gasteiger partial charge in [0.25, 0.3) is 0 Å². The number of anilines is 1. The molecular weight excluding hydrogens is 350 g/mol. The van der Waals surface area contributed by atoms with Gasteiger partial charge in [-0.3, -0.25) is 4.57 Å². The maximum absolute atomic E-state index is 10.6. The number of nitrogens with zero attached hydrogens (tertiary/aromatic N) is 4. The van der Waals surface area contributed by atoms with Gasteiger partial charge in [-0.15, -0.1) is 0 Å². The Morgan fingerprint density at radius 3 is 2.76 bits per heavy atom. The molecule has 5 atom stereocenters. The Morgan fingerprint density at radius 1 is 1.24 bits per heavy atom. The SMILES string of the molecule is OC1CCOC1[C@@H](O)n1cnc2c(N[C@@H]3CCCC3O)nc(Cl)nc21. The summed E-state index contributed by atoms with van der Waals surface area (Å²) in [6.45, 7) is 0.387.